The van der Waals surface area contributed by atoms with E-state index in [2.05, 4.69) is 5.32 Å². The monoisotopic (exact) mass is 293 g/mol. The predicted molar refractivity (Wildman–Crippen MR) is 79.7 cm³/mol. The van der Waals surface area contributed by atoms with Crippen molar-refractivity contribution in [3.8, 4) is 0 Å². The predicted octanol–water partition coefficient (Wildman–Crippen LogP) is 2.34. The number of aliphatic carboxylic acids is 1. The van der Waals surface area contributed by atoms with Crippen LogP contribution in [0.2, 0.25) is 0 Å². The van der Waals surface area contributed by atoms with Crippen molar-refractivity contribution in [3.63, 3.8) is 0 Å². The van der Waals surface area contributed by atoms with Gasteiger partial charge in [0, 0.05) is 20.1 Å². The van der Waals surface area contributed by atoms with Gasteiger partial charge in [-0.1, -0.05) is 38.1 Å². The molecule has 5 nitrogen and oxygen atoms in total. The lowest BCUT2D eigenvalue weighted by atomic mass is 9.85. The summed E-state index contributed by atoms with van der Waals surface area (Å²) in [6, 6.07) is 7.80. The van der Waals surface area contributed by atoms with Gasteiger partial charge in [-0.3, -0.25) is 9.59 Å². The maximum atomic E-state index is 11.9. The van der Waals surface area contributed by atoms with E-state index < -0.39 is 11.4 Å². The number of carbonyl (C=O) groups is 2. The van der Waals surface area contributed by atoms with Crippen molar-refractivity contribution in [2.24, 2.45) is 5.41 Å². The minimum atomic E-state index is -0.887. The molecule has 0 aliphatic carbocycles. The molecule has 0 unspecified atom stereocenters. The Bertz CT molecular complexity index is 480. The van der Waals surface area contributed by atoms with Crippen LogP contribution in [-0.2, 0) is 27.5 Å². The van der Waals surface area contributed by atoms with E-state index >= 15 is 0 Å². The highest BCUT2D eigenvalue weighted by molar-refractivity contribution is 5.77. The molecule has 0 fully saturated rings. The van der Waals surface area contributed by atoms with Gasteiger partial charge >= 0.3 is 5.97 Å². The number of hydrogen-bond acceptors (Lipinski definition) is 3. The molecular weight excluding hydrogens is 270 g/mol. The molecular formula is C16H23NO4. The van der Waals surface area contributed by atoms with Gasteiger partial charge in [-0.05, 0) is 16.5 Å². The van der Waals surface area contributed by atoms with Crippen LogP contribution in [0.25, 0.3) is 0 Å². The first kappa shape index (κ1) is 17.2. The number of methoxy groups -OCH3 is 1. The fraction of sp³-hybridized carbons (Fsp3) is 0.500. The number of carbonyl (C=O) groups excluding carboxylic acids is 1. The second-order valence-electron chi connectivity index (χ2n) is 5.94. The number of ether oxygens (including phenoxy) is 1. The largest absolute Gasteiger partial charge is 0.481 e. The van der Waals surface area contributed by atoms with E-state index in [4.69, 9.17) is 9.84 Å². The first-order valence-corrected chi connectivity index (χ1v) is 6.88. The molecule has 21 heavy (non-hydrogen) atoms. The number of hydrogen-bond donors (Lipinski definition) is 2. The molecule has 1 aromatic carbocycles. The molecule has 0 aromatic heterocycles. The summed E-state index contributed by atoms with van der Waals surface area (Å²) in [6.07, 6.45) is 0.174. The van der Waals surface area contributed by atoms with Crippen molar-refractivity contribution < 1.29 is 19.4 Å². The van der Waals surface area contributed by atoms with E-state index in [1.807, 2.05) is 24.3 Å². The molecule has 116 valence electrons. The van der Waals surface area contributed by atoms with E-state index in [0.29, 0.717) is 13.2 Å². The number of nitrogens with one attached hydrogen (secondary N) is 1. The Kier molecular flexibility index (Phi) is 6.37. The van der Waals surface area contributed by atoms with Gasteiger partial charge in [0.1, 0.15) is 0 Å². The lowest BCUT2D eigenvalue weighted by molar-refractivity contribution is -0.139. The Morgan fingerprint density at radius 2 is 1.71 bits per heavy atom. The van der Waals surface area contributed by atoms with Gasteiger partial charge in [0.2, 0.25) is 5.91 Å². The fourth-order valence-electron chi connectivity index (χ4n) is 2.09. The molecule has 0 spiro atoms. The summed E-state index contributed by atoms with van der Waals surface area (Å²) in [5, 5.41) is 11.6. The zero-order valence-electron chi connectivity index (χ0n) is 12.8. The SMILES string of the molecule is COCc1ccc(CNC(=O)CC(C)(C)CC(=O)O)cc1. The van der Waals surface area contributed by atoms with E-state index in [1.165, 1.54) is 0 Å². The van der Waals surface area contributed by atoms with Gasteiger partial charge in [-0.25, -0.2) is 0 Å². The number of rotatable bonds is 8. The smallest absolute Gasteiger partial charge is 0.303 e. The molecule has 1 aromatic rings. The molecule has 2 N–H and O–H groups in total. The van der Waals surface area contributed by atoms with Crippen molar-refractivity contribution >= 4 is 11.9 Å². The molecule has 0 saturated heterocycles. The maximum absolute atomic E-state index is 11.9. The standard InChI is InChI=1S/C16H23NO4/c1-16(2,9-15(19)20)8-14(18)17-10-12-4-6-13(7-5-12)11-21-3/h4-7H,8-11H2,1-3H3,(H,17,18)(H,19,20). The second kappa shape index (κ2) is 7.78. The highest BCUT2D eigenvalue weighted by Gasteiger charge is 2.24. The topological polar surface area (TPSA) is 75.6 Å². The number of benzene rings is 1. The van der Waals surface area contributed by atoms with E-state index in [9.17, 15) is 9.59 Å². The maximum Gasteiger partial charge on any atom is 0.303 e. The van der Waals surface area contributed by atoms with Crippen LogP contribution >= 0.6 is 0 Å². The van der Waals surface area contributed by atoms with Crippen LogP contribution in [0.5, 0.6) is 0 Å². The number of amides is 1. The second-order valence-corrected chi connectivity index (χ2v) is 5.94. The van der Waals surface area contributed by atoms with Gasteiger partial charge in [-0.15, -0.1) is 0 Å². The van der Waals surface area contributed by atoms with Crippen LogP contribution in [0.4, 0.5) is 0 Å². The average Bonchev–Trinajstić information content (AvgIpc) is 2.36. The Labute approximate surface area is 125 Å². The lowest BCUT2D eigenvalue weighted by Crippen LogP contribution is -2.29. The van der Waals surface area contributed by atoms with Crippen LogP contribution in [0.1, 0.15) is 37.8 Å². The molecule has 0 atom stereocenters. The molecule has 0 aliphatic rings. The van der Waals surface area contributed by atoms with Gasteiger partial charge in [0.15, 0.2) is 0 Å². The van der Waals surface area contributed by atoms with E-state index in [1.54, 1.807) is 21.0 Å². The van der Waals surface area contributed by atoms with Crippen molar-refractivity contribution in [1.29, 1.82) is 0 Å². The van der Waals surface area contributed by atoms with Crippen molar-refractivity contribution in [2.75, 3.05) is 7.11 Å². The molecule has 0 heterocycles. The molecule has 5 heteroatoms. The minimum absolute atomic E-state index is 0.0217. The van der Waals surface area contributed by atoms with Crippen LogP contribution in [-0.4, -0.2) is 24.1 Å². The quantitative estimate of drug-likeness (QED) is 0.771. The van der Waals surface area contributed by atoms with Crippen LogP contribution < -0.4 is 5.32 Å². The average molecular weight is 293 g/mol. The Balaban J connectivity index is 2.43. The van der Waals surface area contributed by atoms with Crippen LogP contribution in [0.15, 0.2) is 24.3 Å². The molecule has 1 rings (SSSR count). The Morgan fingerprint density at radius 3 is 2.24 bits per heavy atom. The normalized spacial score (nSPS) is 11.2. The third-order valence-electron chi connectivity index (χ3n) is 3.09. The van der Waals surface area contributed by atoms with Crippen molar-refractivity contribution in [2.45, 2.75) is 39.8 Å². The molecule has 0 aliphatic heterocycles. The third kappa shape index (κ3) is 6.90. The summed E-state index contributed by atoms with van der Waals surface area (Å²) in [5.41, 5.74) is 1.53. The number of carboxylic acid groups (broad SMARTS) is 1. The fourth-order valence-corrected chi connectivity index (χ4v) is 2.09. The third-order valence-corrected chi connectivity index (χ3v) is 3.09. The minimum Gasteiger partial charge on any atom is -0.481 e. The molecule has 0 bridgehead atoms. The Morgan fingerprint density at radius 1 is 1.14 bits per heavy atom. The highest BCUT2D eigenvalue weighted by Crippen LogP contribution is 2.24. The summed E-state index contributed by atoms with van der Waals surface area (Å²) in [7, 11) is 1.65. The van der Waals surface area contributed by atoms with Gasteiger partial charge < -0.3 is 15.2 Å². The summed E-state index contributed by atoms with van der Waals surface area (Å²) < 4.78 is 5.03. The van der Waals surface area contributed by atoms with Gasteiger partial charge in [0.05, 0.1) is 13.0 Å². The van der Waals surface area contributed by atoms with Gasteiger partial charge in [0.25, 0.3) is 0 Å². The zero-order chi connectivity index (χ0) is 15.9. The van der Waals surface area contributed by atoms with Crippen LogP contribution in [0, 0.1) is 5.41 Å². The zero-order valence-corrected chi connectivity index (χ0v) is 12.8. The van der Waals surface area contributed by atoms with E-state index in [-0.39, 0.29) is 18.7 Å². The van der Waals surface area contributed by atoms with Crippen molar-refractivity contribution in [3.05, 3.63) is 35.4 Å². The van der Waals surface area contributed by atoms with E-state index in [0.717, 1.165) is 11.1 Å². The Hall–Kier alpha value is -1.88. The number of carboxylic acids is 1. The summed E-state index contributed by atoms with van der Waals surface area (Å²) in [4.78, 5) is 22.6. The van der Waals surface area contributed by atoms with Crippen molar-refractivity contribution in [1.82, 2.24) is 5.32 Å². The molecule has 0 saturated carbocycles. The lowest BCUT2D eigenvalue weighted by Gasteiger charge is -2.21. The summed E-state index contributed by atoms with van der Waals surface area (Å²) in [6.45, 7) is 4.56. The first-order valence-electron chi connectivity index (χ1n) is 6.88. The first-order chi connectivity index (χ1) is 9.82. The molecule has 1 amide bonds. The van der Waals surface area contributed by atoms with Crippen LogP contribution in [0.3, 0.4) is 0 Å². The summed E-state index contributed by atoms with van der Waals surface area (Å²) >= 11 is 0. The molecule has 0 radical (unpaired) electrons. The highest BCUT2D eigenvalue weighted by atomic mass is 16.5. The summed E-state index contributed by atoms with van der Waals surface area (Å²) in [5.74, 6) is -1.02. The van der Waals surface area contributed by atoms with Gasteiger partial charge in [-0.2, -0.15) is 0 Å².